The van der Waals surface area contributed by atoms with E-state index in [-0.39, 0.29) is 31.1 Å². The van der Waals surface area contributed by atoms with E-state index in [2.05, 4.69) is 5.32 Å². The van der Waals surface area contributed by atoms with Gasteiger partial charge in [-0.25, -0.2) is 4.79 Å². The summed E-state index contributed by atoms with van der Waals surface area (Å²) < 4.78 is 10.4. The second-order valence-corrected chi connectivity index (χ2v) is 5.94. The van der Waals surface area contributed by atoms with Crippen LogP contribution in [-0.2, 0) is 22.6 Å². The van der Waals surface area contributed by atoms with Crippen LogP contribution < -0.4 is 5.32 Å². The molecule has 2 aromatic rings. The van der Waals surface area contributed by atoms with Gasteiger partial charge < -0.3 is 19.4 Å². The fourth-order valence-corrected chi connectivity index (χ4v) is 2.30. The molecular formula is C19H24N2O4. The van der Waals surface area contributed by atoms with Gasteiger partial charge in [0.05, 0.1) is 25.3 Å². The molecule has 2 rings (SSSR count). The monoisotopic (exact) mass is 344 g/mol. The topological polar surface area (TPSA) is 71.8 Å². The van der Waals surface area contributed by atoms with Crippen LogP contribution in [0.2, 0.25) is 0 Å². The summed E-state index contributed by atoms with van der Waals surface area (Å²) in [6.07, 6.45) is 1.57. The fourth-order valence-electron chi connectivity index (χ4n) is 2.30. The Kier molecular flexibility index (Phi) is 7.07. The van der Waals surface area contributed by atoms with E-state index < -0.39 is 0 Å². The molecule has 2 amide bonds. The lowest BCUT2D eigenvalue weighted by Crippen LogP contribution is -2.40. The van der Waals surface area contributed by atoms with Crippen molar-refractivity contribution < 1.29 is 18.7 Å². The molecule has 0 aliphatic rings. The highest BCUT2D eigenvalue weighted by atomic mass is 16.5. The predicted octanol–water partition coefficient (Wildman–Crippen LogP) is 3.33. The van der Waals surface area contributed by atoms with Gasteiger partial charge in [-0.15, -0.1) is 0 Å². The summed E-state index contributed by atoms with van der Waals surface area (Å²) in [6, 6.07) is 13.1. The molecule has 0 saturated carbocycles. The van der Waals surface area contributed by atoms with Gasteiger partial charge in [0.1, 0.15) is 5.76 Å². The van der Waals surface area contributed by atoms with E-state index in [1.54, 1.807) is 31.1 Å². The molecule has 1 aromatic heterocycles. The molecule has 1 aromatic carbocycles. The van der Waals surface area contributed by atoms with Crippen molar-refractivity contribution in [3.05, 3.63) is 60.1 Å². The van der Waals surface area contributed by atoms with Gasteiger partial charge in [-0.2, -0.15) is 0 Å². The van der Waals surface area contributed by atoms with Crippen molar-refractivity contribution in [2.75, 3.05) is 6.54 Å². The first kappa shape index (κ1) is 18.6. The van der Waals surface area contributed by atoms with Gasteiger partial charge in [-0.1, -0.05) is 30.3 Å². The summed E-state index contributed by atoms with van der Waals surface area (Å²) >= 11 is 0. The van der Waals surface area contributed by atoms with E-state index in [0.29, 0.717) is 18.8 Å². The van der Waals surface area contributed by atoms with Crippen molar-refractivity contribution in [2.24, 2.45) is 0 Å². The molecule has 0 aliphatic carbocycles. The van der Waals surface area contributed by atoms with Gasteiger partial charge in [-0.3, -0.25) is 4.79 Å². The quantitative estimate of drug-likeness (QED) is 0.746. The lowest BCUT2D eigenvalue weighted by molar-refractivity contribution is -0.147. The van der Waals surface area contributed by atoms with Gasteiger partial charge in [0, 0.05) is 13.1 Å². The maximum absolute atomic E-state index is 12.5. The average Bonchev–Trinajstić information content (AvgIpc) is 3.07. The Hall–Kier alpha value is -2.76. The summed E-state index contributed by atoms with van der Waals surface area (Å²) in [5, 5.41) is 2.76. The van der Waals surface area contributed by atoms with E-state index in [1.807, 2.05) is 36.4 Å². The minimum absolute atomic E-state index is 0.143. The van der Waals surface area contributed by atoms with Crippen molar-refractivity contribution in [1.82, 2.24) is 10.2 Å². The number of hydrogen-bond donors (Lipinski definition) is 1. The van der Waals surface area contributed by atoms with E-state index in [4.69, 9.17) is 9.15 Å². The number of esters is 1. The highest BCUT2D eigenvalue weighted by molar-refractivity contribution is 5.75. The molecule has 25 heavy (non-hydrogen) atoms. The first-order valence-electron chi connectivity index (χ1n) is 8.33. The molecule has 0 spiro atoms. The smallest absolute Gasteiger partial charge is 0.318 e. The van der Waals surface area contributed by atoms with Crippen LogP contribution in [0.1, 0.15) is 31.6 Å². The molecule has 6 heteroatoms. The Morgan fingerprint density at radius 2 is 1.88 bits per heavy atom. The number of nitrogens with one attached hydrogen (secondary N) is 1. The van der Waals surface area contributed by atoms with Gasteiger partial charge in [-0.05, 0) is 31.5 Å². The Labute approximate surface area is 147 Å². The van der Waals surface area contributed by atoms with Crippen LogP contribution in [0.4, 0.5) is 4.79 Å². The fraction of sp³-hybridized carbons (Fsp3) is 0.368. The molecule has 0 atom stereocenters. The molecule has 1 heterocycles. The maximum atomic E-state index is 12.5. The molecule has 1 N–H and O–H groups in total. The van der Waals surface area contributed by atoms with Crippen LogP contribution in [0.5, 0.6) is 0 Å². The van der Waals surface area contributed by atoms with Crippen molar-refractivity contribution >= 4 is 12.0 Å². The summed E-state index contributed by atoms with van der Waals surface area (Å²) in [5.41, 5.74) is 1.02. The molecule has 0 fully saturated rings. The number of nitrogens with zero attached hydrogens (tertiary/aromatic N) is 1. The van der Waals surface area contributed by atoms with Crippen molar-refractivity contribution in [1.29, 1.82) is 0 Å². The zero-order valence-electron chi connectivity index (χ0n) is 14.6. The Balaban J connectivity index is 1.91. The maximum Gasteiger partial charge on any atom is 0.318 e. The van der Waals surface area contributed by atoms with E-state index in [9.17, 15) is 9.59 Å². The number of urea groups is 1. The Morgan fingerprint density at radius 1 is 1.12 bits per heavy atom. The van der Waals surface area contributed by atoms with E-state index >= 15 is 0 Å². The third kappa shape index (κ3) is 6.71. The molecule has 134 valence electrons. The number of carbonyl (C=O) groups excluding carboxylic acids is 2. The van der Waals surface area contributed by atoms with Crippen molar-refractivity contribution in [2.45, 2.75) is 39.5 Å². The summed E-state index contributed by atoms with van der Waals surface area (Å²) in [6.45, 7) is 4.62. The van der Waals surface area contributed by atoms with Crippen LogP contribution in [0.25, 0.3) is 0 Å². The van der Waals surface area contributed by atoms with E-state index in [1.165, 1.54) is 0 Å². The largest absolute Gasteiger partial charge is 0.467 e. The predicted molar refractivity (Wildman–Crippen MR) is 93.6 cm³/mol. The molecule has 0 radical (unpaired) electrons. The first-order chi connectivity index (χ1) is 12.0. The minimum atomic E-state index is -0.323. The van der Waals surface area contributed by atoms with Crippen LogP contribution in [-0.4, -0.2) is 29.5 Å². The normalized spacial score (nSPS) is 10.5. The second-order valence-electron chi connectivity index (χ2n) is 5.94. The van der Waals surface area contributed by atoms with Gasteiger partial charge in [0.25, 0.3) is 0 Å². The molecular weight excluding hydrogens is 320 g/mol. The Morgan fingerprint density at radius 3 is 2.52 bits per heavy atom. The highest BCUT2D eigenvalue weighted by Crippen LogP contribution is 2.11. The minimum Gasteiger partial charge on any atom is -0.467 e. The summed E-state index contributed by atoms with van der Waals surface area (Å²) in [4.78, 5) is 25.7. The van der Waals surface area contributed by atoms with Gasteiger partial charge in [0.15, 0.2) is 0 Å². The van der Waals surface area contributed by atoms with Crippen LogP contribution in [0, 0.1) is 0 Å². The number of hydrogen-bond acceptors (Lipinski definition) is 4. The summed E-state index contributed by atoms with van der Waals surface area (Å²) in [5.74, 6) is 0.376. The summed E-state index contributed by atoms with van der Waals surface area (Å²) in [7, 11) is 0. The molecule has 0 saturated heterocycles. The highest BCUT2D eigenvalue weighted by Gasteiger charge is 2.16. The number of amides is 2. The number of furan rings is 1. The lowest BCUT2D eigenvalue weighted by Gasteiger charge is -2.22. The molecule has 0 aliphatic heterocycles. The van der Waals surface area contributed by atoms with Crippen LogP contribution in [0.15, 0.2) is 53.1 Å². The zero-order chi connectivity index (χ0) is 18.1. The lowest BCUT2D eigenvalue weighted by atomic mass is 10.2. The first-order valence-corrected chi connectivity index (χ1v) is 8.33. The molecule has 0 bridgehead atoms. The number of benzene rings is 1. The standard InChI is InChI=1S/C19H24N2O4/c1-15(2)25-18(22)10-11-20-19(23)21(14-17-9-6-12-24-17)13-16-7-4-3-5-8-16/h3-9,12,15H,10-11,13-14H2,1-2H3,(H,20,23). The molecule has 0 unspecified atom stereocenters. The number of carbonyl (C=O) groups is 2. The third-order valence-electron chi connectivity index (χ3n) is 3.40. The van der Waals surface area contributed by atoms with Crippen LogP contribution in [0.3, 0.4) is 0 Å². The average molecular weight is 344 g/mol. The third-order valence-corrected chi connectivity index (χ3v) is 3.40. The number of ether oxygens (including phenoxy) is 1. The zero-order valence-corrected chi connectivity index (χ0v) is 14.6. The second kappa shape index (κ2) is 9.52. The Bertz CT molecular complexity index is 653. The molecule has 6 nitrogen and oxygen atoms in total. The van der Waals surface area contributed by atoms with Gasteiger partial charge >= 0.3 is 12.0 Å². The van der Waals surface area contributed by atoms with E-state index in [0.717, 1.165) is 5.56 Å². The SMILES string of the molecule is CC(C)OC(=O)CCNC(=O)N(Cc1ccccc1)Cc1ccco1. The number of rotatable bonds is 8. The van der Waals surface area contributed by atoms with Gasteiger partial charge in [0.2, 0.25) is 0 Å². The van der Waals surface area contributed by atoms with Crippen LogP contribution >= 0.6 is 0 Å². The van der Waals surface area contributed by atoms with Crippen molar-refractivity contribution in [3.8, 4) is 0 Å². The van der Waals surface area contributed by atoms with Crippen molar-refractivity contribution in [3.63, 3.8) is 0 Å².